The van der Waals surface area contributed by atoms with Crippen molar-refractivity contribution in [3.63, 3.8) is 0 Å². The van der Waals surface area contributed by atoms with Gasteiger partial charge in [0, 0.05) is 0 Å². The molecule has 0 nitrogen and oxygen atoms in total. The van der Waals surface area contributed by atoms with E-state index in [2.05, 4.69) is 20.0 Å². The third-order valence-electron chi connectivity index (χ3n) is 0. The van der Waals surface area contributed by atoms with Crippen molar-refractivity contribution in [2.24, 2.45) is 0 Å². The first-order chi connectivity index (χ1) is 3.15. The molecule has 0 atom stereocenters. The normalized spacial score (nSPS) is 8.29. The molecule has 0 unspecified atom stereocenters. The average molecular weight is 206 g/mol. The Labute approximate surface area is 61.1 Å². The molecule has 4 heteroatoms. The van der Waals surface area contributed by atoms with Crippen LogP contribution in [0.5, 0.6) is 0 Å². The fourth-order valence-corrected chi connectivity index (χ4v) is 0. The summed E-state index contributed by atoms with van der Waals surface area (Å²) in [5, 5.41) is 0. The van der Waals surface area contributed by atoms with Crippen LogP contribution < -0.4 is 0 Å². The minimum atomic E-state index is 0.380. The quantitative estimate of drug-likeness (QED) is 0.422. The Hall–Kier alpha value is 1.50. The van der Waals surface area contributed by atoms with Gasteiger partial charge >= 0.3 is 33.0 Å². The standard InChI is InChI=1S/C3H9P.2ClH.Ni/c1-4(2)3;;;/h1-3H3;2*1H;/q;;;+2/p-2. The van der Waals surface area contributed by atoms with Crippen LogP contribution >= 0.6 is 28.3 Å². The second kappa shape index (κ2) is 10.5. The molecule has 0 aromatic carbocycles. The minimum absolute atomic E-state index is 0.380. The van der Waals surface area contributed by atoms with E-state index < -0.39 is 0 Å². The SMILES string of the molecule is CP(C)C.[Cl][Ni][Cl]. The Kier molecular flexibility index (Phi) is 16.9. The first-order valence-electron chi connectivity index (χ1n) is 1.58. The molecular weight excluding hydrogens is 197 g/mol. The summed E-state index contributed by atoms with van der Waals surface area (Å²) in [5.41, 5.74) is 0. The first-order valence-corrected chi connectivity index (χ1v) is 6.98. The molecule has 0 saturated heterocycles. The predicted octanol–water partition coefficient (Wildman–Crippen LogP) is 2.73. The molecule has 0 heterocycles. The van der Waals surface area contributed by atoms with E-state index in [1.54, 1.807) is 0 Å². The molecule has 50 valence electrons. The van der Waals surface area contributed by atoms with Gasteiger partial charge in [-0.05, 0) is 20.0 Å². The topological polar surface area (TPSA) is 0 Å². The number of hydrogen-bond donors (Lipinski definition) is 0. The molecule has 0 aromatic heterocycles. The maximum absolute atomic E-state index is 4.70. The van der Waals surface area contributed by atoms with Crippen molar-refractivity contribution in [3.05, 3.63) is 0 Å². The average Bonchev–Trinajstić information content (AvgIpc) is 1.33. The number of halogens is 2. The molecule has 0 radical (unpaired) electrons. The van der Waals surface area contributed by atoms with Crippen LogP contribution in [0.1, 0.15) is 0 Å². The van der Waals surface area contributed by atoms with E-state index in [9.17, 15) is 0 Å². The van der Waals surface area contributed by atoms with E-state index in [4.69, 9.17) is 20.4 Å². The van der Waals surface area contributed by atoms with Crippen LogP contribution in [-0.4, -0.2) is 20.0 Å². The van der Waals surface area contributed by atoms with Gasteiger partial charge in [0.1, 0.15) is 0 Å². The molecular formula is C3H9Cl2NiP. The van der Waals surface area contributed by atoms with E-state index in [0.717, 1.165) is 0 Å². The summed E-state index contributed by atoms with van der Waals surface area (Å²) < 4.78 is 0. The van der Waals surface area contributed by atoms with Gasteiger partial charge in [0.2, 0.25) is 0 Å². The number of rotatable bonds is 0. The van der Waals surface area contributed by atoms with E-state index in [1.807, 2.05) is 0 Å². The van der Waals surface area contributed by atoms with Gasteiger partial charge in [-0.1, -0.05) is 0 Å². The van der Waals surface area contributed by atoms with Crippen molar-refractivity contribution in [1.82, 2.24) is 0 Å². The second-order valence-corrected chi connectivity index (χ2v) is 5.70. The Balaban J connectivity index is 0. The van der Waals surface area contributed by atoms with Crippen molar-refractivity contribution in [2.75, 3.05) is 20.0 Å². The molecule has 0 bridgehead atoms. The Morgan fingerprint density at radius 1 is 1.14 bits per heavy atom. The Morgan fingerprint density at radius 2 is 1.14 bits per heavy atom. The zero-order chi connectivity index (χ0) is 6.28. The van der Waals surface area contributed by atoms with Gasteiger partial charge in [0.25, 0.3) is 0 Å². The molecule has 0 aliphatic carbocycles. The fourth-order valence-electron chi connectivity index (χ4n) is 0. The van der Waals surface area contributed by atoms with Crippen LogP contribution in [0, 0.1) is 0 Å². The summed E-state index contributed by atoms with van der Waals surface area (Å²) in [6.07, 6.45) is 0. The van der Waals surface area contributed by atoms with Crippen LogP contribution in [0.15, 0.2) is 0 Å². The molecule has 0 spiro atoms. The molecule has 0 aliphatic heterocycles. The molecule has 0 rings (SSSR count). The molecule has 0 fully saturated rings. The predicted molar refractivity (Wildman–Crippen MR) is 36.4 cm³/mol. The molecule has 0 aromatic rings. The summed E-state index contributed by atoms with van der Waals surface area (Å²) in [7, 11) is 9.78. The third-order valence-corrected chi connectivity index (χ3v) is 0. The van der Waals surface area contributed by atoms with E-state index >= 15 is 0 Å². The van der Waals surface area contributed by atoms with Crippen molar-refractivity contribution in [3.8, 4) is 0 Å². The Morgan fingerprint density at radius 3 is 1.14 bits per heavy atom. The van der Waals surface area contributed by atoms with Crippen LogP contribution in [0.25, 0.3) is 0 Å². The van der Waals surface area contributed by atoms with Crippen LogP contribution in [0.4, 0.5) is 0 Å². The molecule has 0 aliphatic rings. The zero-order valence-electron chi connectivity index (χ0n) is 4.52. The molecule has 0 saturated carbocycles. The third kappa shape index (κ3) is 101. The van der Waals surface area contributed by atoms with Crippen molar-refractivity contribution < 1.29 is 12.7 Å². The van der Waals surface area contributed by atoms with Crippen molar-refractivity contribution in [1.29, 1.82) is 0 Å². The molecule has 0 amide bonds. The summed E-state index contributed by atoms with van der Waals surface area (Å²) >= 11 is 0.569. The summed E-state index contributed by atoms with van der Waals surface area (Å²) in [4.78, 5) is 0. The van der Waals surface area contributed by atoms with E-state index in [1.165, 1.54) is 0 Å². The first kappa shape index (κ1) is 11.3. The van der Waals surface area contributed by atoms with Gasteiger partial charge in [0.05, 0.1) is 0 Å². The van der Waals surface area contributed by atoms with Gasteiger partial charge in [-0.3, -0.25) is 0 Å². The summed E-state index contributed by atoms with van der Waals surface area (Å²) in [6, 6.07) is 0. The second-order valence-electron chi connectivity index (χ2n) is 1.39. The summed E-state index contributed by atoms with van der Waals surface area (Å²) in [6.45, 7) is 6.69. The van der Waals surface area contributed by atoms with Gasteiger partial charge in [-0.25, -0.2) is 0 Å². The number of hydrogen-bond acceptors (Lipinski definition) is 0. The molecule has 0 N–H and O–H groups in total. The molecule has 7 heavy (non-hydrogen) atoms. The van der Waals surface area contributed by atoms with Gasteiger partial charge in [-0.2, -0.15) is 0 Å². The van der Waals surface area contributed by atoms with Gasteiger partial charge < -0.3 is 0 Å². The van der Waals surface area contributed by atoms with Crippen LogP contribution in [0.2, 0.25) is 0 Å². The zero-order valence-corrected chi connectivity index (χ0v) is 7.91. The van der Waals surface area contributed by atoms with Crippen molar-refractivity contribution in [2.45, 2.75) is 0 Å². The van der Waals surface area contributed by atoms with Crippen LogP contribution in [-0.2, 0) is 12.7 Å². The van der Waals surface area contributed by atoms with E-state index in [-0.39, 0.29) is 0 Å². The van der Waals surface area contributed by atoms with Gasteiger partial charge in [0.15, 0.2) is 0 Å². The monoisotopic (exact) mass is 204 g/mol. The van der Waals surface area contributed by atoms with Crippen molar-refractivity contribution >= 4 is 28.3 Å². The maximum atomic E-state index is 4.70. The van der Waals surface area contributed by atoms with E-state index in [0.29, 0.717) is 20.6 Å². The Bertz CT molecular complexity index is 24.1. The fraction of sp³-hybridized carbons (Fsp3) is 1.00. The van der Waals surface area contributed by atoms with Crippen LogP contribution in [0.3, 0.4) is 0 Å². The summed E-state index contributed by atoms with van der Waals surface area (Å²) in [5.74, 6) is 0. The van der Waals surface area contributed by atoms with Gasteiger partial charge in [-0.15, -0.1) is 7.92 Å².